The number of nitrogens with two attached hydrogens (primary N) is 1. The molecule has 0 fully saturated rings. The van der Waals surface area contributed by atoms with Crippen LogP contribution in [0.1, 0.15) is 11.1 Å². The largest absolute Gasteiger partial charge is 0.398 e. The lowest BCUT2D eigenvalue weighted by Gasteiger charge is -2.20. The van der Waals surface area contributed by atoms with E-state index in [-0.39, 0.29) is 5.69 Å². The van der Waals surface area contributed by atoms with Crippen molar-refractivity contribution < 1.29 is 4.92 Å². The smallest absolute Gasteiger partial charge is 0.269 e. The molecule has 0 atom stereocenters. The molecule has 0 spiro atoms. The zero-order valence-electron chi connectivity index (χ0n) is 11.5. The SMILES string of the molecule is Cc1ccc(N(C)Cc2cc([N+](=O)[O-])ccc2N)cc1. The number of nitrogens with zero attached hydrogens (tertiary/aromatic N) is 2. The van der Waals surface area contributed by atoms with Crippen LogP contribution in [-0.2, 0) is 6.54 Å². The van der Waals surface area contributed by atoms with E-state index < -0.39 is 4.92 Å². The molecule has 0 saturated carbocycles. The Morgan fingerprint density at radius 3 is 2.45 bits per heavy atom. The van der Waals surface area contributed by atoms with Crippen molar-refractivity contribution in [3.63, 3.8) is 0 Å². The molecule has 104 valence electrons. The van der Waals surface area contributed by atoms with Gasteiger partial charge in [0.2, 0.25) is 0 Å². The first kappa shape index (κ1) is 13.9. The summed E-state index contributed by atoms with van der Waals surface area (Å²) in [5.41, 5.74) is 9.50. The number of non-ortho nitro benzene ring substituents is 1. The number of hydrogen-bond donors (Lipinski definition) is 1. The Morgan fingerprint density at radius 2 is 1.85 bits per heavy atom. The summed E-state index contributed by atoms with van der Waals surface area (Å²) < 4.78 is 0. The second kappa shape index (κ2) is 5.61. The molecule has 0 saturated heterocycles. The Morgan fingerprint density at radius 1 is 1.20 bits per heavy atom. The fraction of sp³-hybridized carbons (Fsp3) is 0.200. The van der Waals surface area contributed by atoms with Crippen molar-refractivity contribution in [1.29, 1.82) is 0 Å². The Hall–Kier alpha value is -2.56. The van der Waals surface area contributed by atoms with Crippen molar-refractivity contribution in [3.8, 4) is 0 Å². The number of benzene rings is 2. The standard InChI is InChI=1S/C15H17N3O2/c1-11-3-5-13(6-4-11)17(2)10-12-9-14(18(19)20)7-8-15(12)16/h3-9H,10,16H2,1-2H3. The fourth-order valence-corrected chi connectivity index (χ4v) is 1.99. The molecule has 0 aliphatic carbocycles. The maximum Gasteiger partial charge on any atom is 0.269 e. The molecule has 0 unspecified atom stereocenters. The molecule has 0 amide bonds. The molecule has 0 bridgehead atoms. The van der Waals surface area contributed by atoms with Gasteiger partial charge in [-0.15, -0.1) is 0 Å². The first-order valence-electron chi connectivity index (χ1n) is 6.28. The molecule has 2 aromatic rings. The highest BCUT2D eigenvalue weighted by molar-refractivity contribution is 5.55. The van der Waals surface area contributed by atoms with Crippen LogP contribution in [0.25, 0.3) is 0 Å². The third-order valence-corrected chi connectivity index (χ3v) is 3.22. The molecule has 5 heteroatoms. The van der Waals surface area contributed by atoms with Crippen LogP contribution in [0.15, 0.2) is 42.5 Å². The Bertz CT molecular complexity index is 624. The number of nitro groups is 1. The lowest BCUT2D eigenvalue weighted by Crippen LogP contribution is -2.17. The van der Waals surface area contributed by atoms with Crippen LogP contribution in [0.5, 0.6) is 0 Å². The van der Waals surface area contributed by atoms with E-state index in [9.17, 15) is 10.1 Å². The maximum atomic E-state index is 10.8. The number of rotatable bonds is 4. The van der Waals surface area contributed by atoms with Crippen molar-refractivity contribution in [1.82, 2.24) is 0 Å². The quantitative estimate of drug-likeness (QED) is 0.527. The minimum absolute atomic E-state index is 0.0616. The Balaban J connectivity index is 2.22. The summed E-state index contributed by atoms with van der Waals surface area (Å²) in [4.78, 5) is 12.4. The normalized spacial score (nSPS) is 10.3. The monoisotopic (exact) mass is 271 g/mol. The van der Waals surface area contributed by atoms with Gasteiger partial charge in [0.05, 0.1) is 4.92 Å². The van der Waals surface area contributed by atoms with Crippen LogP contribution in [0, 0.1) is 17.0 Å². The lowest BCUT2D eigenvalue weighted by atomic mass is 10.1. The first-order valence-corrected chi connectivity index (χ1v) is 6.28. The second-order valence-corrected chi connectivity index (χ2v) is 4.83. The van der Waals surface area contributed by atoms with Gasteiger partial charge in [-0.2, -0.15) is 0 Å². The van der Waals surface area contributed by atoms with Crippen LogP contribution in [0.3, 0.4) is 0 Å². The number of nitro benzene ring substituents is 1. The highest BCUT2D eigenvalue weighted by Crippen LogP contribution is 2.23. The van der Waals surface area contributed by atoms with E-state index in [1.54, 1.807) is 6.07 Å². The minimum Gasteiger partial charge on any atom is -0.398 e. The van der Waals surface area contributed by atoms with E-state index in [4.69, 9.17) is 5.73 Å². The number of aryl methyl sites for hydroxylation is 1. The molecule has 0 heterocycles. The van der Waals surface area contributed by atoms with Crippen molar-refractivity contribution in [3.05, 3.63) is 63.7 Å². The highest BCUT2D eigenvalue weighted by atomic mass is 16.6. The van der Waals surface area contributed by atoms with E-state index in [1.807, 2.05) is 43.1 Å². The van der Waals surface area contributed by atoms with Gasteiger partial charge in [-0.25, -0.2) is 0 Å². The molecule has 0 aliphatic rings. The predicted octanol–water partition coefficient (Wildman–Crippen LogP) is 3.12. The molecule has 0 aliphatic heterocycles. The second-order valence-electron chi connectivity index (χ2n) is 4.83. The van der Waals surface area contributed by atoms with Crippen molar-refractivity contribution in [2.24, 2.45) is 0 Å². The van der Waals surface area contributed by atoms with Gasteiger partial charge in [0.15, 0.2) is 0 Å². The van der Waals surface area contributed by atoms with Gasteiger partial charge in [-0.1, -0.05) is 17.7 Å². The van der Waals surface area contributed by atoms with Gasteiger partial charge in [-0.3, -0.25) is 10.1 Å². The van der Waals surface area contributed by atoms with Gasteiger partial charge in [-0.05, 0) is 25.1 Å². The predicted molar refractivity (Wildman–Crippen MR) is 80.8 cm³/mol. The summed E-state index contributed by atoms with van der Waals surface area (Å²) in [5.74, 6) is 0. The first-order chi connectivity index (χ1) is 9.47. The van der Waals surface area contributed by atoms with E-state index in [0.29, 0.717) is 12.2 Å². The third kappa shape index (κ3) is 3.06. The van der Waals surface area contributed by atoms with E-state index in [2.05, 4.69) is 0 Å². The van der Waals surface area contributed by atoms with E-state index in [0.717, 1.165) is 11.3 Å². The zero-order valence-corrected chi connectivity index (χ0v) is 11.5. The summed E-state index contributed by atoms with van der Waals surface area (Å²) in [7, 11) is 1.93. The highest BCUT2D eigenvalue weighted by Gasteiger charge is 2.11. The molecule has 2 rings (SSSR count). The number of hydrogen-bond acceptors (Lipinski definition) is 4. The van der Waals surface area contributed by atoms with E-state index in [1.165, 1.54) is 17.7 Å². The topological polar surface area (TPSA) is 72.4 Å². The van der Waals surface area contributed by atoms with Crippen LogP contribution in [0.2, 0.25) is 0 Å². The number of anilines is 2. The number of nitrogen functional groups attached to an aromatic ring is 1. The van der Waals surface area contributed by atoms with Crippen LogP contribution < -0.4 is 10.6 Å². The average Bonchev–Trinajstić information content (AvgIpc) is 2.41. The van der Waals surface area contributed by atoms with E-state index >= 15 is 0 Å². The summed E-state index contributed by atoms with van der Waals surface area (Å²) >= 11 is 0. The van der Waals surface area contributed by atoms with Crippen molar-refractivity contribution in [2.45, 2.75) is 13.5 Å². The summed E-state index contributed by atoms with van der Waals surface area (Å²) in [6, 6.07) is 12.6. The van der Waals surface area contributed by atoms with Gasteiger partial charge in [0, 0.05) is 42.7 Å². The van der Waals surface area contributed by atoms with Gasteiger partial charge >= 0.3 is 0 Å². The molecule has 2 N–H and O–H groups in total. The van der Waals surface area contributed by atoms with Crippen LogP contribution >= 0.6 is 0 Å². The van der Waals surface area contributed by atoms with Crippen molar-refractivity contribution in [2.75, 3.05) is 17.7 Å². The molecule has 5 nitrogen and oxygen atoms in total. The Labute approximate surface area is 117 Å². The Kier molecular flexibility index (Phi) is 3.89. The minimum atomic E-state index is -0.408. The van der Waals surface area contributed by atoms with Gasteiger partial charge in [0.1, 0.15) is 0 Å². The molecule has 20 heavy (non-hydrogen) atoms. The lowest BCUT2D eigenvalue weighted by molar-refractivity contribution is -0.384. The fourth-order valence-electron chi connectivity index (χ4n) is 1.99. The molecule has 2 aromatic carbocycles. The zero-order chi connectivity index (χ0) is 14.7. The van der Waals surface area contributed by atoms with Crippen LogP contribution in [0.4, 0.5) is 17.1 Å². The molecule has 0 radical (unpaired) electrons. The molecule has 0 aromatic heterocycles. The van der Waals surface area contributed by atoms with Crippen LogP contribution in [-0.4, -0.2) is 12.0 Å². The summed E-state index contributed by atoms with van der Waals surface area (Å²) in [6.07, 6.45) is 0. The average molecular weight is 271 g/mol. The molecular formula is C15H17N3O2. The summed E-state index contributed by atoms with van der Waals surface area (Å²) in [5, 5.41) is 10.8. The van der Waals surface area contributed by atoms with Gasteiger partial charge in [0.25, 0.3) is 5.69 Å². The third-order valence-electron chi connectivity index (χ3n) is 3.22. The van der Waals surface area contributed by atoms with Crippen molar-refractivity contribution >= 4 is 17.1 Å². The maximum absolute atomic E-state index is 10.8. The summed E-state index contributed by atoms with van der Waals surface area (Å²) in [6.45, 7) is 2.55. The van der Waals surface area contributed by atoms with Gasteiger partial charge < -0.3 is 10.6 Å². The molecular weight excluding hydrogens is 254 g/mol.